The number of hydrogen-bond acceptors (Lipinski definition) is 4. The van der Waals surface area contributed by atoms with Gasteiger partial charge in [0.2, 0.25) is 5.91 Å². The molecule has 0 spiro atoms. The quantitative estimate of drug-likeness (QED) is 0.860. The van der Waals surface area contributed by atoms with Gasteiger partial charge in [-0.2, -0.15) is 0 Å². The Morgan fingerprint density at radius 3 is 2.61 bits per heavy atom. The normalized spacial score (nSPS) is 20.4. The highest BCUT2D eigenvalue weighted by Crippen LogP contribution is 2.30. The monoisotopic (exact) mass is 268 g/mol. The predicted octanol–water partition coefficient (Wildman–Crippen LogP) is 0.402. The van der Waals surface area contributed by atoms with Crippen LogP contribution >= 0.6 is 0 Å². The summed E-state index contributed by atoms with van der Waals surface area (Å²) in [6.45, 7) is 0.922. The first-order chi connectivity index (χ1) is 8.43. The maximum absolute atomic E-state index is 11.9. The molecule has 0 radical (unpaired) electrons. The second kappa shape index (κ2) is 4.70. The molecule has 1 amide bonds. The Balaban J connectivity index is 2.44. The molecule has 5 nitrogen and oxygen atoms in total. The summed E-state index contributed by atoms with van der Waals surface area (Å²) in [6, 6.07) is 6.56. The summed E-state index contributed by atoms with van der Waals surface area (Å²) in [7, 11) is -3.34. The van der Waals surface area contributed by atoms with Crippen molar-refractivity contribution in [3.8, 4) is 0 Å². The smallest absolute Gasteiger partial charge is 0.227 e. The van der Waals surface area contributed by atoms with E-state index in [-0.39, 0.29) is 16.7 Å². The topological polar surface area (TPSA) is 80.5 Å². The molecule has 1 fully saturated rings. The molecule has 0 aromatic heterocycles. The second-order valence-corrected chi connectivity index (χ2v) is 6.53. The maximum Gasteiger partial charge on any atom is 0.227 e. The molecule has 1 unspecified atom stereocenters. The van der Waals surface area contributed by atoms with Crippen LogP contribution in [-0.2, 0) is 14.6 Å². The lowest BCUT2D eigenvalue weighted by molar-refractivity contribution is -0.117. The van der Waals surface area contributed by atoms with Crippen molar-refractivity contribution in [1.29, 1.82) is 0 Å². The lowest BCUT2D eigenvalue weighted by Gasteiger charge is -2.19. The minimum Gasteiger partial charge on any atom is -0.330 e. The van der Waals surface area contributed by atoms with Gasteiger partial charge in [0.25, 0.3) is 0 Å². The summed E-state index contributed by atoms with van der Waals surface area (Å²) in [6.07, 6.45) is 1.53. The van der Waals surface area contributed by atoms with Gasteiger partial charge in [0.15, 0.2) is 9.84 Å². The molecule has 98 valence electrons. The molecule has 2 rings (SSSR count). The fraction of sp³-hybridized carbons (Fsp3) is 0.417. The molecule has 1 saturated heterocycles. The van der Waals surface area contributed by atoms with Crippen LogP contribution in [-0.4, -0.2) is 33.7 Å². The van der Waals surface area contributed by atoms with Crippen molar-refractivity contribution >= 4 is 21.4 Å². The van der Waals surface area contributed by atoms with Gasteiger partial charge in [0.1, 0.15) is 0 Å². The van der Waals surface area contributed by atoms with Crippen LogP contribution in [0.15, 0.2) is 29.2 Å². The van der Waals surface area contributed by atoms with Crippen LogP contribution in [0.5, 0.6) is 0 Å². The second-order valence-electron chi connectivity index (χ2n) is 4.55. The number of anilines is 1. The highest BCUT2D eigenvalue weighted by molar-refractivity contribution is 7.90. The Hall–Kier alpha value is -1.40. The zero-order valence-electron chi connectivity index (χ0n) is 10.2. The molecule has 2 N–H and O–H groups in total. The van der Waals surface area contributed by atoms with Crippen LogP contribution in [0.2, 0.25) is 0 Å². The summed E-state index contributed by atoms with van der Waals surface area (Å²) in [5.41, 5.74) is 6.02. The highest BCUT2D eigenvalue weighted by atomic mass is 32.2. The van der Waals surface area contributed by atoms with E-state index < -0.39 is 9.84 Å². The lowest BCUT2D eigenvalue weighted by atomic mass is 10.1. The Morgan fingerprint density at radius 1 is 1.39 bits per heavy atom. The van der Waals surface area contributed by atoms with Crippen molar-refractivity contribution < 1.29 is 13.2 Å². The van der Waals surface area contributed by atoms with Crippen molar-refractivity contribution in [2.75, 3.05) is 24.2 Å². The van der Waals surface area contributed by atoms with Gasteiger partial charge in [-0.3, -0.25) is 4.79 Å². The molecule has 1 aliphatic rings. The van der Waals surface area contributed by atoms with Crippen molar-refractivity contribution in [1.82, 2.24) is 0 Å². The van der Waals surface area contributed by atoms with Crippen molar-refractivity contribution in [3.05, 3.63) is 24.3 Å². The van der Waals surface area contributed by atoms with E-state index in [4.69, 9.17) is 5.73 Å². The standard InChI is InChI=1S/C12H16N2O3S/c1-18(16,17)11-5-3-2-4-10(11)14-8-9(7-13)6-12(14)15/h2-5,9H,6-8,13H2,1H3. The van der Waals surface area contributed by atoms with Crippen LogP contribution in [0.4, 0.5) is 5.69 Å². The SMILES string of the molecule is CS(=O)(=O)c1ccccc1N1CC(CN)CC1=O. The van der Waals surface area contributed by atoms with E-state index in [1.54, 1.807) is 18.2 Å². The molecule has 18 heavy (non-hydrogen) atoms. The average molecular weight is 268 g/mol. The molecule has 1 atom stereocenters. The van der Waals surface area contributed by atoms with Gasteiger partial charge in [0.05, 0.1) is 10.6 Å². The van der Waals surface area contributed by atoms with E-state index in [1.165, 1.54) is 11.0 Å². The Morgan fingerprint density at radius 2 is 2.06 bits per heavy atom. The third-order valence-electron chi connectivity index (χ3n) is 3.09. The van der Waals surface area contributed by atoms with Crippen LogP contribution < -0.4 is 10.6 Å². The van der Waals surface area contributed by atoms with E-state index in [1.807, 2.05) is 0 Å². The third-order valence-corrected chi connectivity index (χ3v) is 4.24. The molecule has 0 aliphatic carbocycles. The minimum atomic E-state index is -3.34. The predicted molar refractivity (Wildman–Crippen MR) is 69.1 cm³/mol. The van der Waals surface area contributed by atoms with E-state index >= 15 is 0 Å². The molecule has 1 heterocycles. The van der Waals surface area contributed by atoms with Crippen LogP contribution in [0.3, 0.4) is 0 Å². The van der Waals surface area contributed by atoms with Crippen LogP contribution in [0.1, 0.15) is 6.42 Å². The fourth-order valence-corrected chi connectivity index (χ4v) is 3.05. The first-order valence-electron chi connectivity index (χ1n) is 5.73. The minimum absolute atomic E-state index is 0.0680. The van der Waals surface area contributed by atoms with Crippen molar-refractivity contribution in [2.45, 2.75) is 11.3 Å². The molecule has 1 aromatic carbocycles. The van der Waals surface area contributed by atoms with Gasteiger partial charge in [-0.1, -0.05) is 12.1 Å². The summed E-state index contributed by atoms with van der Waals surface area (Å²) < 4.78 is 23.4. The lowest BCUT2D eigenvalue weighted by Crippen LogP contribution is -2.27. The molecule has 0 saturated carbocycles. The Kier molecular flexibility index (Phi) is 3.41. The summed E-state index contributed by atoms with van der Waals surface area (Å²) >= 11 is 0. The number of sulfone groups is 1. The number of rotatable bonds is 3. The zero-order chi connectivity index (χ0) is 13.3. The van der Waals surface area contributed by atoms with E-state index in [0.717, 1.165) is 6.26 Å². The van der Waals surface area contributed by atoms with Crippen LogP contribution in [0.25, 0.3) is 0 Å². The van der Waals surface area contributed by atoms with Gasteiger partial charge in [-0.15, -0.1) is 0 Å². The van der Waals surface area contributed by atoms with Gasteiger partial charge >= 0.3 is 0 Å². The van der Waals surface area contributed by atoms with Gasteiger partial charge in [-0.05, 0) is 24.6 Å². The van der Waals surface area contributed by atoms with Crippen molar-refractivity contribution in [3.63, 3.8) is 0 Å². The van der Waals surface area contributed by atoms with Gasteiger partial charge in [0, 0.05) is 19.2 Å². The molecule has 1 aliphatic heterocycles. The largest absolute Gasteiger partial charge is 0.330 e. The van der Waals surface area contributed by atoms with E-state index in [0.29, 0.717) is 25.2 Å². The Labute approximate surface area is 107 Å². The third kappa shape index (κ3) is 2.39. The first kappa shape index (κ1) is 13.0. The maximum atomic E-state index is 11.9. The Bertz CT molecular complexity index is 568. The number of carbonyl (C=O) groups is 1. The van der Waals surface area contributed by atoms with E-state index in [2.05, 4.69) is 0 Å². The number of nitrogens with two attached hydrogens (primary N) is 1. The fourth-order valence-electron chi connectivity index (χ4n) is 2.17. The summed E-state index contributed by atoms with van der Waals surface area (Å²) in [5, 5.41) is 0. The number of benzene rings is 1. The first-order valence-corrected chi connectivity index (χ1v) is 7.62. The summed E-state index contributed by atoms with van der Waals surface area (Å²) in [5.74, 6) is 0.0340. The average Bonchev–Trinajstić information content (AvgIpc) is 2.69. The van der Waals surface area contributed by atoms with Crippen molar-refractivity contribution in [2.24, 2.45) is 11.7 Å². The summed E-state index contributed by atoms with van der Waals surface area (Å²) in [4.78, 5) is 13.6. The van der Waals surface area contributed by atoms with Gasteiger partial charge < -0.3 is 10.6 Å². The molecular formula is C12H16N2O3S. The zero-order valence-corrected chi connectivity index (χ0v) is 11.0. The number of para-hydroxylation sites is 1. The molecule has 1 aromatic rings. The van der Waals surface area contributed by atoms with Gasteiger partial charge in [-0.25, -0.2) is 8.42 Å². The highest BCUT2D eigenvalue weighted by Gasteiger charge is 2.32. The molecule has 6 heteroatoms. The van der Waals surface area contributed by atoms with E-state index in [9.17, 15) is 13.2 Å². The number of amides is 1. The molecule has 0 bridgehead atoms. The molecular weight excluding hydrogens is 252 g/mol. The number of hydrogen-bond donors (Lipinski definition) is 1. The number of carbonyl (C=O) groups excluding carboxylic acids is 1. The van der Waals surface area contributed by atoms with Crippen LogP contribution in [0, 0.1) is 5.92 Å². The number of nitrogens with zero attached hydrogens (tertiary/aromatic N) is 1.